The molecule has 1 aliphatic heterocycles. The maximum atomic E-state index is 13.6. The number of hydrogen-bond donors (Lipinski definition) is 1. The Kier molecular flexibility index (Phi) is 4.69. The molecular weight excluding hydrogens is 455 g/mol. The van der Waals surface area contributed by atoms with E-state index >= 15 is 0 Å². The number of nitrogens with zero attached hydrogens (tertiary/aromatic N) is 6. The zero-order valence-electron chi connectivity index (χ0n) is 17.7. The highest BCUT2D eigenvalue weighted by Crippen LogP contribution is 2.41. The monoisotopic (exact) mass is 473 g/mol. The molecule has 0 atom stereocenters. The molecule has 2 fully saturated rings. The van der Waals surface area contributed by atoms with Crippen LogP contribution >= 0.6 is 0 Å². The topological polar surface area (TPSA) is 111 Å². The molecule has 1 amide bonds. The third kappa shape index (κ3) is 3.52. The van der Waals surface area contributed by atoms with Crippen molar-refractivity contribution in [1.82, 2.24) is 24.9 Å². The van der Waals surface area contributed by atoms with Crippen LogP contribution in [0.3, 0.4) is 0 Å². The summed E-state index contributed by atoms with van der Waals surface area (Å²) in [6, 6.07) is 4.45. The van der Waals surface area contributed by atoms with Gasteiger partial charge in [-0.3, -0.25) is 4.79 Å². The molecule has 10 nitrogen and oxygen atoms in total. The molecule has 1 aliphatic carbocycles. The number of hydrogen-bond acceptors (Lipinski definition) is 8. The van der Waals surface area contributed by atoms with Crippen LogP contribution in [0.1, 0.15) is 40.5 Å². The molecule has 0 bridgehead atoms. The van der Waals surface area contributed by atoms with Crippen LogP contribution in [0.5, 0.6) is 0 Å². The lowest BCUT2D eigenvalue weighted by Crippen LogP contribution is -2.36. The quantitative estimate of drug-likeness (QED) is 0.481. The first-order valence-corrected chi connectivity index (χ1v) is 10.8. The highest BCUT2D eigenvalue weighted by molar-refractivity contribution is 6.11. The molecule has 13 heteroatoms. The predicted molar refractivity (Wildman–Crippen MR) is 113 cm³/mol. The zero-order valence-corrected chi connectivity index (χ0v) is 17.7. The number of carbonyl (C=O) groups is 1. The van der Waals surface area contributed by atoms with Crippen molar-refractivity contribution in [3.8, 4) is 0 Å². The Bertz CT molecular complexity index is 1400. The molecule has 2 aliphatic rings. The maximum Gasteiger partial charge on any atom is 0.433 e. The van der Waals surface area contributed by atoms with Gasteiger partial charge in [0.15, 0.2) is 16.7 Å². The number of benzene rings is 1. The van der Waals surface area contributed by atoms with Crippen LogP contribution < -0.4 is 10.2 Å². The van der Waals surface area contributed by atoms with E-state index in [0.29, 0.717) is 53.2 Å². The first-order valence-electron chi connectivity index (χ1n) is 10.8. The van der Waals surface area contributed by atoms with Gasteiger partial charge in [-0.15, -0.1) is 0 Å². The fraction of sp³-hybridized carbons (Fsp3) is 0.381. The Labute approximate surface area is 189 Å². The Morgan fingerprint density at radius 2 is 1.88 bits per heavy atom. The van der Waals surface area contributed by atoms with Crippen molar-refractivity contribution >= 4 is 34.0 Å². The summed E-state index contributed by atoms with van der Waals surface area (Å²) in [7, 11) is 0. The molecular formula is C21H18F3N7O3. The minimum Gasteiger partial charge on any atom is -0.378 e. The number of amides is 1. The van der Waals surface area contributed by atoms with E-state index in [4.69, 9.17) is 9.37 Å². The fourth-order valence-electron chi connectivity index (χ4n) is 4.14. The van der Waals surface area contributed by atoms with Crippen molar-refractivity contribution in [2.24, 2.45) is 0 Å². The van der Waals surface area contributed by atoms with Gasteiger partial charge >= 0.3 is 6.18 Å². The summed E-state index contributed by atoms with van der Waals surface area (Å²) in [4.78, 5) is 19.5. The standard InChI is InChI=1S/C21H18F3N7O3/c22-21(23,24)16-9-14(11-1-2-11)26-19-12(10-25-31(16)19)20(32)27-13-3-4-15(18-17(13)28-34-29-18)30-5-7-33-8-6-30/h3-4,9-11H,1-2,5-8H2,(H,27,32). The van der Waals surface area contributed by atoms with E-state index in [-0.39, 0.29) is 17.1 Å². The highest BCUT2D eigenvalue weighted by atomic mass is 19.4. The minimum absolute atomic E-state index is 0.0366. The SMILES string of the molecule is O=C(Nc1ccc(N2CCOCC2)c2nonc12)c1cnn2c(C(F)(F)F)cc(C3CC3)nc12. The summed E-state index contributed by atoms with van der Waals surface area (Å²) in [5, 5.41) is 14.4. The van der Waals surface area contributed by atoms with Gasteiger partial charge in [-0.1, -0.05) is 0 Å². The van der Waals surface area contributed by atoms with Gasteiger partial charge in [0.2, 0.25) is 0 Å². The van der Waals surface area contributed by atoms with Crippen molar-refractivity contribution in [1.29, 1.82) is 0 Å². The molecule has 6 rings (SSSR count). The van der Waals surface area contributed by atoms with Crippen LogP contribution in [-0.4, -0.2) is 57.1 Å². The number of morpholine rings is 1. The van der Waals surface area contributed by atoms with Crippen molar-refractivity contribution in [3.05, 3.63) is 41.3 Å². The average molecular weight is 473 g/mol. The van der Waals surface area contributed by atoms with Crippen LogP contribution in [0, 0.1) is 0 Å². The van der Waals surface area contributed by atoms with Gasteiger partial charge < -0.3 is 15.0 Å². The molecule has 4 aromatic rings. The molecule has 1 N–H and O–H groups in total. The summed E-state index contributed by atoms with van der Waals surface area (Å²) >= 11 is 0. The van der Waals surface area contributed by atoms with Crippen LogP contribution in [0.15, 0.2) is 29.0 Å². The van der Waals surface area contributed by atoms with E-state index < -0.39 is 17.8 Å². The van der Waals surface area contributed by atoms with Gasteiger partial charge in [-0.05, 0) is 41.4 Å². The Morgan fingerprint density at radius 1 is 1.12 bits per heavy atom. The lowest BCUT2D eigenvalue weighted by Gasteiger charge is -2.28. The van der Waals surface area contributed by atoms with Gasteiger partial charge in [-0.2, -0.15) is 18.3 Å². The molecule has 0 unspecified atom stereocenters. The van der Waals surface area contributed by atoms with Crippen molar-refractivity contribution in [2.45, 2.75) is 24.9 Å². The van der Waals surface area contributed by atoms with Crippen molar-refractivity contribution in [2.75, 3.05) is 36.5 Å². The largest absolute Gasteiger partial charge is 0.433 e. The average Bonchev–Trinajstić information content (AvgIpc) is 3.39. The third-order valence-corrected chi connectivity index (χ3v) is 6.02. The summed E-state index contributed by atoms with van der Waals surface area (Å²) in [5.74, 6) is -0.697. The zero-order chi connectivity index (χ0) is 23.4. The number of anilines is 2. The molecule has 34 heavy (non-hydrogen) atoms. The number of carbonyl (C=O) groups excluding carboxylic acids is 1. The Morgan fingerprint density at radius 3 is 2.62 bits per heavy atom. The van der Waals surface area contributed by atoms with E-state index in [1.54, 1.807) is 12.1 Å². The second-order valence-corrected chi connectivity index (χ2v) is 8.28. The van der Waals surface area contributed by atoms with E-state index in [1.807, 2.05) is 0 Å². The van der Waals surface area contributed by atoms with Crippen LogP contribution in [0.25, 0.3) is 16.7 Å². The molecule has 0 radical (unpaired) electrons. The molecule has 4 heterocycles. The Hall–Kier alpha value is -3.74. The van der Waals surface area contributed by atoms with E-state index in [0.717, 1.165) is 30.8 Å². The fourth-order valence-corrected chi connectivity index (χ4v) is 4.14. The second-order valence-electron chi connectivity index (χ2n) is 8.28. The molecule has 176 valence electrons. The van der Waals surface area contributed by atoms with Crippen molar-refractivity contribution in [3.63, 3.8) is 0 Å². The third-order valence-electron chi connectivity index (χ3n) is 6.02. The van der Waals surface area contributed by atoms with Crippen molar-refractivity contribution < 1.29 is 27.3 Å². The highest BCUT2D eigenvalue weighted by Gasteiger charge is 2.38. The predicted octanol–water partition coefficient (Wildman–Crippen LogP) is 3.25. The second kappa shape index (κ2) is 7.65. The first-order chi connectivity index (χ1) is 16.4. The molecule has 0 spiro atoms. The number of fused-ring (bicyclic) bond motifs is 2. The molecule has 3 aromatic heterocycles. The van der Waals surface area contributed by atoms with Crippen LogP contribution in [-0.2, 0) is 10.9 Å². The lowest BCUT2D eigenvalue weighted by atomic mass is 10.2. The van der Waals surface area contributed by atoms with Gasteiger partial charge in [0, 0.05) is 24.7 Å². The number of aromatic nitrogens is 5. The molecule has 1 saturated carbocycles. The van der Waals surface area contributed by atoms with Gasteiger partial charge in [-0.25, -0.2) is 14.1 Å². The van der Waals surface area contributed by atoms with E-state index in [9.17, 15) is 18.0 Å². The summed E-state index contributed by atoms with van der Waals surface area (Å²) in [5.41, 5.74) is 1.03. The number of ether oxygens (including phenoxy) is 1. The minimum atomic E-state index is -4.64. The smallest absolute Gasteiger partial charge is 0.378 e. The van der Waals surface area contributed by atoms with Crippen LogP contribution in [0.4, 0.5) is 24.5 Å². The van der Waals surface area contributed by atoms with E-state index in [2.05, 4.69) is 30.6 Å². The van der Waals surface area contributed by atoms with Gasteiger partial charge in [0.25, 0.3) is 5.91 Å². The number of nitrogens with one attached hydrogen (secondary N) is 1. The van der Waals surface area contributed by atoms with Gasteiger partial charge in [0.1, 0.15) is 11.3 Å². The summed E-state index contributed by atoms with van der Waals surface area (Å²) in [6.07, 6.45) is -2.02. The van der Waals surface area contributed by atoms with Gasteiger partial charge in [0.05, 0.1) is 30.8 Å². The van der Waals surface area contributed by atoms with E-state index in [1.165, 1.54) is 0 Å². The molecule has 1 saturated heterocycles. The van der Waals surface area contributed by atoms with Crippen LogP contribution in [0.2, 0.25) is 0 Å². The first kappa shape index (κ1) is 20.8. The Balaban J connectivity index is 1.36. The number of rotatable bonds is 4. The lowest BCUT2D eigenvalue weighted by molar-refractivity contribution is -0.142. The number of alkyl halides is 3. The maximum absolute atomic E-state index is 13.6. The molecule has 1 aromatic carbocycles. The summed E-state index contributed by atoms with van der Waals surface area (Å²) in [6.45, 7) is 2.50. The normalized spacial score (nSPS) is 17.0. The summed E-state index contributed by atoms with van der Waals surface area (Å²) < 4.78 is 51.9. The number of halogens is 3.